The molecule has 0 spiro atoms. The van der Waals surface area contributed by atoms with E-state index in [1.807, 2.05) is 12.3 Å². The summed E-state index contributed by atoms with van der Waals surface area (Å²) >= 11 is 0. The summed E-state index contributed by atoms with van der Waals surface area (Å²) in [6, 6.07) is 21.4. The van der Waals surface area contributed by atoms with Gasteiger partial charge in [-0.05, 0) is 53.8 Å². The van der Waals surface area contributed by atoms with Crippen LogP contribution in [0.15, 0.2) is 66.9 Å². The lowest BCUT2D eigenvalue weighted by atomic mass is 9.97. The summed E-state index contributed by atoms with van der Waals surface area (Å²) in [6.45, 7) is 4.32. The third-order valence-electron chi connectivity index (χ3n) is 3.85. The van der Waals surface area contributed by atoms with Gasteiger partial charge in [-0.1, -0.05) is 49.4 Å². The molecule has 3 aromatic rings. The number of hydrogen-bond acceptors (Lipinski definition) is 1. The molecule has 0 bridgehead atoms. The van der Waals surface area contributed by atoms with Crippen molar-refractivity contribution in [1.82, 2.24) is 4.98 Å². The van der Waals surface area contributed by atoms with Crippen LogP contribution >= 0.6 is 0 Å². The summed E-state index contributed by atoms with van der Waals surface area (Å²) in [7, 11) is 0. The Hall–Kier alpha value is -2.41. The highest BCUT2D eigenvalue weighted by Crippen LogP contribution is 2.28. The summed E-state index contributed by atoms with van der Waals surface area (Å²) in [5.74, 6) is 0. The second kappa shape index (κ2) is 5.92. The van der Waals surface area contributed by atoms with Gasteiger partial charge >= 0.3 is 0 Å². The molecule has 104 valence electrons. The van der Waals surface area contributed by atoms with Gasteiger partial charge in [0.25, 0.3) is 0 Å². The van der Waals surface area contributed by atoms with Gasteiger partial charge in [-0.2, -0.15) is 0 Å². The number of nitrogens with zero attached hydrogens (tertiary/aromatic N) is 1. The van der Waals surface area contributed by atoms with Crippen LogP contribution in [0, 0.1) is 6.92 Å². The van der Waals surface area contributed by atoms with E-state index in [4.69, 9.17) is 0 Å². The number of aryl methyl sites for hydroxylation is 2. The fourth-order valence-electron chi connectivity index (χ4n) is 2.55. The summed E-state index contributed by atoms with van der Waals surface area (Å²) < 4.78 is 0. The lowest BCUT2D eigenvalue weighted by molar-refractivity contribution is 1.12. The van der Waals surface area contributed by atoms with Crippen molar-refractivity contribution in [3.05, 3.63) is 78.0 Å². The quantitative estimate of drug-likeness (QED) is 0.632. The predicted molar refractivity (Wildman–Crippen MR) is 89.2 cm³/mol. The molecular formula is C20H19N. The molecule has 0 fully saturated rings. The number of rotatable bonds is 3. The molecule has 0 saturated carbocycles. The van der Waals surface area contributed by atoms with Crippen LogP contribution < -0.4 is 0 Å². The molecule has 0 aliphatic carbocycles. The zero-order valence-electron chi connectivity index (χ0n) is 12.5. The van der Waals surface area contributed by atoms with Crippen molar-refractivity contribution in [3.63, 3.8) is 0 Å². The van der Waals surface area contributed by atoms with E-state index < -0.39 is 0 Å². The van der Waals surface area contributed by atoms with E-state index in [0.29, 0.717) is 0 Å². The first-order valence-electron chi connectivity index (χ1n) is 7.39. The molecule has 2 aromatic carbocycles. The highest BCUT2D eigenvalue weighted by atomic mass is 14.7. The lowest BCUT2D eigenvalue weighted by Crippen LogP contribution is -1.90. The van der Waals surface area contributed by atoms with Gasteiger partial charge in [0.1, 0.15) is 0 Å². The van der Waals surface area contributed by atoms with Crippen LogP contribution in [-0.4, -0.2) is 4.98 Å². The summed E-state index contributed by atoms with van der Waals surface area (Å²) in [5, 5.41) is 0. The molecule has 0 amide bonds. The van der Waals surface area contributed by atoms with Gasteiger partial charge in [0.05, 0.1) is 5.69 Å². The first kappa shape index (κ1) is 13.6. The van der Waals surface area contributed by atoms with Crippen LogP contribution in [0.5, 0.6) is 0 Å². The van der Waals surface area contributed by atoms with Crippen LogP contribution in [0.25, 0.3) is 22.4 Å². The van der Waals surface area contributed by atoms with E-state index in [9.17, 15) is 0 Å². The van der Waals surface area contributed by atoms with Crippen LogP contribution in [0.3, 0.4) is 0 Å². The Morgan fingerprint density at radius 1 is 0.857 bits per heavy atom. The largest absolute Gasteiger partial charge is 0.256 e. The zero-order chi connectivity index (χ0) is 14.7. The smallest absolute Gasteiger partial charge is 0.0707 e. The maximum atomic E-state index is 4.55. The Bertz CT molecular complexity index is 745. The molecule has 1 heteroatoms. The van der Waals surface area contributed by atoms with Crippen molar-refractivity contribution in [2.45, 2.75) is 20.3 Å². The molecule has 0 N–H and O–H groups in total. The van der Waals surface area contributed by atoms with Crippen molar-refractivity contribution in [2.75, 3.05) is 0 Å². The van der Waals surface area contributed by atoms with E-state index in [0.717, 1.165) is 12.1 Å². The second-order valence-electron chi connectivity index (χ2n) is 5.30. The number of pyridine rings is 1. The molecule has 0 aliphatic heterocycles. The zero-order valence-corrected chi connectivity index (χ0v) is 12.5. The fraction of sp³-hybridized carbons (Fsp3) is 0.150. The van der Waals surface area contributed by atoms with Crippen molar-refractivity contribution < 1.29 is 0 Å². The van der Waals surface area contributed by atoms with Gasteiger partial charge in [0.15, 0.2) is 0 Å². The van der Waals surface area contributed by atoms with E-state index in [1.165, 1.54) is 27.8 Å². The van der Waals surface area contributed by atoms with Crippen LogP contribution in [-0.2, 0) is 6.42 Å². The second-order valence-corrected chi connectivity index (χ2v) is 5.30. The average Bonchev–Trinajstić information content (AvgIpc) is 2.56. The molecule has 1 heterocycles. The molecular weight excluding hydrogens is 254 g/mol. The normalized spacial score (nSPS) is 10.6. The van der Waals surface area contributed by atoms with Crippen molar-refractivity contribution >= 4 is 0 Å². The molecule has 1 aromatic heterocycles. The first-order valence-corrected chi connectivity index (χ1v) is 7.39. The highest BCUT2D eigenvalue weighted by Gasteiger charge is 2.06. The monoisotopic (exact) mass is 273 g/mol. The number of hydrogen-bond donors (Lipinski definition) is 0. The molecule has 21 heavy (non-hydrogen) atoms. The van der Waals surface area contributed by atoms with Gasteiger partial charge in [0, 0.05) is 11.8 Å². The van der Waals surface area contributed by atoms with Gasteiger partial charge in [-0.25, -0.2) is 0 Å². The van der Waals surface area contributed by atoms with Crippen molar-refractivity contribution in [3.8, 4) is 22.4 Å². The van der Waals surface area contributed by atoms with Gasteiger partial charge in [-0.15, -0.1) is 0 Å². The van der Waals surface area contributed by atoms with E-state index >= 15 is 0 Å². The summed E-state index contributed by atoms with van der Waals surface area (Å²) in [5.41, 5.74) is 7.33. The average molecular weight is 273 g/mol. The van der Waals surface area contributed by atoms with Gasteiger partial charge in [-0.3, -0.25) is 4.98 Å². The molecule has 1 nitrogen and oxygen atoms in total. The molecule has 0 saturated heterocycles. The fourth-order valence-corrected chi connectivity index (χ4v) is 2.55. The number of benzene rings is 2. The lowest BCUT2D eigenvalue weighted by Gasteiger charge is -2.10. The van der Waals surface area contributed by atoms with E-state index in [-0.39, 0.29) is 0 Å². The highest BCUT2D eigenvalue weighted by molar-refractivity contribution is 5.73. The van der Waals surface area contributed by atoms with Crippen LogP contribution in [0.2, 0.25) is 0 Å². The Balaban J connectivity index is 2.10. The summed E-state index contributed by atoms with van der Waals surface area (Å²) in [4.78, 5) is 4.55. The molecule has 0 aliphatic rings. The maximum absolute atomic E-state index is 4.55. The topological polar surface area (TPSA) is 12.9 Å². The molecule has 0 unspecified atom stereocenters. The van der Waals surface area contributed by atoms with Crippen LogP contribution in [0.4, 0.5) is 0 Å². The maximum Gasteiger partial charge on any atom is 0.0707 e. The molecule has 0 radical (unpaired) electrons. The van der Waals surface area contributed by atoms with Gasteiger partial charge in [0.2, 0.25) is 0 Å². The minimum atomic E-state index is 1.03. The third-order valence-corrected chi connectivity index (χ3v) is 3.85. The Labute approximate surface area is 126 Å². The van der Waals surface area contributed by atoms with Crippen molar-refractivity contribution in [1.29, 1.82) is 0 Å². The Morgan fingerprint density at radius 2 is 1.67 bits per heavy atom. The van der Waals surface area contributed by atoms with E-state index in [2.05, 4.69) is 73.4 Å². The minimum absolute atomic E-state index is 1.03. The number of aromatic nitrogens is 1. The first-order chi connectivity index (χ1) is 10.3. The van der Waals surface area contributed by atoms with Crippen molar-refractivity contribution in [2.24, 2.45) is 0 Å². The molecule has 0 atom stereocenters. The van der Waals surface area contributed by atoms with Crippen LogP contribution in [0.1, 0.15) is 18.1 Å². The van der Waals surface area contributed by atoms with Gasteiger partial charge < -0.3 is 0 Å². The summed E-state index contributed by atoms with van der Waals surface area (Å²) in [6.07, 6.45) is 2.94. The standard InChI is InChI=1S/C20H19N/c1-3-16-11-12-21-20(13-16)19-14-18(10-9-15(19)2)17-7-5-4-6-8-17/h4-14H,3H2,1-2H3. The molecule has 3 rings (SSSR count). The Morgan fingerprint density at radius 3 is 2.43 bits per heavy atom. The third kappa shape index (κ3) is 2.87. The predicted octanol–water partition coefficient (Wildman–Crippen LogP) is 5.29. The SMILES string of the molecule is CCc1ccnc(-c2cc(-c3ccccc3)ccc2C)c1. The van der Waals surface area contributed by atoms with E-state index in [1.54, 1.807) is 0 Å². The Kier molecular flexibility index (Phi) is 3.83. The minimum Gasteiger partial charge on any atom is -0.256 e.